The van der Waals surface area contributed by atoms with Crippen LogP contribution in [0.3, 0.4) is 0 Å². The first-order valence-corrected chi connectivity index (χ1v) is 7.80. The third-order valence-corrected chi connectivity index (χ3v) is 3.68. The molecule has 1 aromatic heterocycles. The predicted octanol–water partition coefficient (Wildman–Crippen LogP) is 1.05. The van der Waals surface area contributed by atoms with Crippen molar-refractivity contribution in [3.05, 3.63) is 18.0 Å². The van der Waals surface area contributed by atoms with Gasteiger partial charge < -0.3 is 20.1 Å². The van der Waals surface area contributed by atoms with Crippen LogP contribution < -0.4 is 10.2 Å². The van der Waals surface area contributed by atoms with E-state index in [-0.39, 0.29) is 0 Å². The second kappa shape index (κ2) is 8.65. The number of aromatic nitrogens is 2. The number of hydrogen-bond acceptors (Lipinski definition) is 6. The number of morpholine rings is 1. The molecule has 2 rings (SSSR count). The molecule has 0 amide bonds. The maximum Gasteiger partial charge on any atom is 0.320 e. The lowest BCUT2D eigenvalue weighted by Gasteiger charge is -2.26. The van der Waals surface area contributed by atoms with E-state index in [0.29, 0.717) is 32.1 Å². The highest BCUT2D eigenvalue weighted by molar-refractivity contribution is 5.73. The number of hydrogen-bond donors (Lipinski definition) is 2. The van der Waals surface area contributed by atoms with Gasteiger partial charge in [-0.05, 0) is 6.42 Å². The molecule has 0 aliphatic carbocycles. The van der Waals surface area contributed by atoms with Crippen molar-refractivity contribution < 1.29 is 14.6 Å². The Morgan fingerprint density at radius 2 is 2.09 bits per heavy atom. The van der Waals surface area contributed by atoms with Gasteiger partial charge in [0.1, 0.15) is 6.04 Å². The molecular weight excluding hydrogens is 284 g/mol. The average molecular weight is 308 g/mol. The molecule has 1 saturated heterocycles. The van der Waals surface area contributed by atoms with Crippen LogP contribution in [0.4, 0.5) is 5.95 Å². The number of nitrogens with zero attached hydrogens (tertiary/aromatic N) is 3. The molecule has 0 aromatic carbocycles. The van der Waals surface area contributed by atoms with Crippen LogP contribution in [-0.4, -0.2) is 53.4 Å². The number of ether oxygens (including phenoxy) is 1. The molecule has 0 unspecified atom stereocenters. The normalized spacial score (nSPS) is 16.5. The zero-order valence-electron chi connectivity index (χ0n) is 13.0. The first-order valence-electron chi connectivity index (χ1n) is 7.80. The third-order valence-electron chi connectivity index (χ3n) is 3.68. The summed E-state index contributed by atoms with van der Waals surface area (Å²) < 4.78 is 5.30. The van der Waals surface area contributed by atoms with Crippen LogP contribution in [0.2, 0.25) is 0 Å². The summed E-state index contributed by atoms with van der Waals surface area (Å²) in [7, 11) is 0. The molecule has 1 aliphatic heterocycles. The van der Waals surface area contributed by atoms with Crippen LogP contribution in [0.5, 0.6) is 0 Å². The molecule has 7 nitrogen and oxygen atoms in total. The topological polar surface area (TPSA) is 87.6 Å². The summed E-state index contributed by atoms with van der Waals surface area (Å²) in [4.78, 5) is 22.0. The fourth-order valence-electron chi connectivity index (χ4n) is 2.33. The van der Waals surface area contributed by atoms with Crippen molar-refractivity contribution in [2.24, 2.45) is 0 Å². The largest absolute Gasteiger partial charge is 0.480 e. The zero-order valence-corrected chi connectivity index (χ0v) is 13.0. The van der Waals surface area contributed by atoms with Crippen LogP contribution in [-0.2, 0) is 16.1 Å². The molecule has 0 bridgehead atoms. The summed E-state index contributed by atoms with van der Waals surface area (Å²) in [6, 6.07) is -0.515. The van der Waals surface area contributed by atoms with E-state index in [1.807, 2.05) is 0 Å². The van der Waals surface area contributed by atoms with E-state index < -0.39 is 12.0 Å². The molecule has 0 saturated carbocycles. The molecule has 2 heterocycles. The first kappa shape index (κ1) is 16.6. The number of rotatable bonds is 8. The first-order chi connectivity index (χ1) is 10.7. The Bertz CT molecular complexity index is 460. The zero-order chi connectivity index (χ0) is 15.8. The molecule has 122 valence electrons. The van der Waals surface area contributed by atoms with Crippen molar-refractivity contribution in [1.29, 1.82) is 0 Å². The summed E-state index contributed by atoms with van der Waals surface area (Å²) in [6.07, 6.45) is 6.03. The summed E-state index contributed by atoms with van der Waals surface area (Å²) in [5.41, 5.74) is 0.889. The second-order valence-electron chi connectivity index (χ2n) is 5.40. The number of nitrogens with one attached hydrogen (secondary N) is 1. The van der Waals surface area contributed by atoms with Crippen LogP contribution in [0, 0.1) is 0 Å². The maximum absolute atomic E-state index is 11.2. The van der Waals surface area contributed by atoms with Crippen molar-refractivity contribution in [3.8, 4) is 0 Å². The lowest BCUT2D eigenvalue weighted by Crippen LogP contribution is -2.37. The monoisotopic (exact) mass is 308 g/mol. The molecule has 1 fully saturated rings. The number of unbranched alkanes of at least 4 members (excludes halogenated alkanes) is 1. The van der Waals surface area contributed by atoms with Crippen molar-refractivity contribution in [1.82, 2.24) is 15.3 Å². The van der Waals surface area contributed by atoms with E-state index in [1.54, 1.807) is 12.4 Å². The van der Waals surface area contributed by atoms with Crippen molar-refractivity contribution in [3.63, 3.8) is 0 Å². The number of carboxylic acids is 1. The van der Waals surface area contributed by atoms with Gasteiger partial charge in [-0.25, -0.2) is 9.97 Å². The Morgan fingerprint density at radius 3 is 2.68 bits per heavy atom. The minimum Gasteiger partial charge on any atom is -0.480 e. The molecule has 7 heteroatoms. The van der Waals surface area contributed by atoms with Crippen LogP contribution >= 0.6 is 0 Å². The SMILES string of the molecule is CCCC[C@H](NCc1cnc(N2CCOCC2)nc1)C(=O)O. The summed E-state index contributed by atoms with van der Waals surface area (Å²) >= 11 is 0. The highest BCUT2D eigenvalue weighted by Crippen LogP contribution is 2.10. The van der Waals surface area contributed by atoms with Gasteiger partial charge in [0.2, 0.25) is 5.95 Å². The van der Waals surface area contributed by atoms with E-state index >= 15 is 0 Å². The fraction of sp³-hybridized carbons (Fsp3) is 0.667. The van der Waals surface area contributed by atoms with E-state index in [9.17, 15) is 9.90 Å². The molecule has 1 aromatic rings. The van der Waals surface area contributed by atoms with Gasteiger partial charge in [0.15, 0.2) is 0 Å². The number of anilines is 1. The molecule has 1 atom stereocenters. The smallest absolute Gasteiger partial charge is 0.320 e. The minimum atomic E-state index is -0.806. The molecular formula is C15H24N4O3. The second-order valence-corrected chi connectivity index (χ2v) is 5.40. The van der Waals surface area contributed by atoms with Crippen LogP contribution in [0.1, 0.15) is 31.7 Å². The molecule has 0 spiro atoms. The summed E-state index contributed by atoms with van der Waals surface area (Å²) in [6.45, 7) is 5.52. The van der Waals surface area contributed by atoms with E-state index in [2.05, 4.69) is 27.1 Å². The average Bonchev–Trinajstić information content (AvgIpc) is 2.56. The van der Waals surface area contributed by atoms with Gasteiger partial charge in [0, 0.05) is 37.6 Å². The fourth-order valence-corrected chi connectivity index (χ4v) is 2.33. The standard InChI is InChI=1S/C15H24N4O3/c1-2-3-4-13(14(20)21)16-9-12-10-17-15(18-11-12)19-5-7-22-8-6-19/h10-11,13,16H,2-9H2,1H3,(H,20,21)/t13-/m0/s1. The number of carboxylic acid groups (broad SMARTS) is 1. The lowest BCUT2D eigenvalue weighted by atomic mass is 10.1. The van der Waals surface area contributed by atoms with Gasteiger partial charge >= 0.3 is 5.97 Å². The molecule has 2 N–H and O–H groups in total. The highest BCUT2D eigenvalue weighted by Gasteiger charge is 2.16. The predicted molar refractivity (Wildman–Crippen MR) is 82.9 cm³/mol. The van der Waals surface area contributed by atoms with Gasteiger partial charge in [-0.3, -0.25) is 4.79 Å². The van der Waals surface area contributed by atoms with Gasteiger partial charge in [0.05, 0.1) is 13.2 Å². The van der Waals surface area contributed by atoms with Gasteiger partial charge in [-0.1, -0.05) is 19.8 Å². The minimum absolute atomic E-state index is 0.462. The molecule has 1 aliphatic rings. The van der Waals surface area contributed by atoms with E-state index in [0.717, 1.165) is 31.5 Å². The maximum atomic E-state index is 11.2. The third kappa shape index (κ3) is 4.92. The van der Waals surface area contributed by atoms with E-state index in [1.165, 1.54) is 0 Å². The van der Waals surface area contributed by atoms with Crippen molar-refractivity contribution in [2.45, 2.75) is 38.8 Å². The van der Waals surface area contributed by atoms with Crippen LogP contribution in [0.25, 0.3) is 0 Å². The number of carbonyl (C=O) groups is 1. The highest BCUT2D eigenvalue weighted by atomic mass is 16.5. The summed E-state index contributed by atoms with van der Waals surface area (Å²) in [5.74, 6) is -0.105. The lowest BCUT2D eigenvalue weighted by molar-refractivity contribution is -0.139. The van der Waals surface area contributed by atoms with Gasteiger partial charge in [0.25, 0.3) is 0 Å². The Balaban J connectivity index is 1.86. The Morgan fingerprint density at radius 1 is 1.41 bits per heavy atom. The number of aliphatic carboxylic acids is 1. The van der Waals surface area contributed by atoms with Crippen molar-refractivity contribution >= 4 is 11.9 Å². The molecule has 22 heavy (non-hydrogen) atoms. The van der Waals surface area contributed by atoms with Crippen molar-refractivity contribution in [2.75, 3.05) is 31.2 Å². The summed E-state index contributed by atoms with van der Waals surface area (Å²) in [5, 5.41) is 12.2. The van der Waals surface area contributed by atoms with Crippen LogP contribution in [0.15, 0.2) is 12.4 Å². The van der Waals surface area contributed by atoms with Gasteiger partial charge in [-0.2, -0.15) is 0 Å². The van der Waals surface area contributed by atoms with E-state index in [4.69, 9.17) is 4.74 Å². The van der Waals surface area contributed by atoms with Gasteiger partial charge in [-0.15, -0.1) is 0 Å². The Labute approximate surface area is 130 Å². The quantitative estimate of drug-likeness (QED) is 0.742. The molecule has 0 radical (unpaired) electrons. The Kier molecular flexibility index (Phi) is 6.54. The Hall–Kier alpha value is -1.73.